The molecule has 2 rings (SSSR count). The summed E-state index contributed by atoms with van der Waals surface area (Å²) in [6.45, 7) is 6.83. The smallest absolute Gasteiger partial charge is 0.242 e. The minimum absolute atomic E-state index is 0.0847. The largest absolute Gasteiger partial charge is 0.354 e. The summed E-state index contributed by atoms with van der Waals surface area (Å²) in [6.07, 6.45) is 0.518. The molecule has 0 aromatic heterocycles. The SMILES string of the molecule is CC[C@H](C(=O)NCC(C)C)N(Cc1ccc(Cl)cc1Cl)C(=O)CSCc1ccccc1. The number of nitrogens with zero attached hydrogens (tertiary/aromatic N) is 1. The number of rotatable bonds is 11. The monoisotopic (exact) mass is 480 g/mol. The van der Waals surface area contributed by atoms with Crippen LogP contribution < -0.4 is 5.32 Å². The van der Waals surface area contributed by atoms with Crippen molar-refractivity contribution in [2.75, 3.05) is 12.3 Å². The van der Waals surface area contributed by atoms with E-state index in [1.54, 1.807) is 34.9 Å². The van der Waals surface area contributed by atoms with Crippen molar-refractivity contribution in [3.8, 4) is 0 Å². The molecule has 0 unspecified atom stereocenters. The molecule has 0 aliphatic rings. The highest BCUT2D eigenvalue weighted by Gasteiger charge is 2.29. The molecule has 0 spiro atoms. The average Bonchev–Trinajstić information content (AvgIpc) is 2.74. The molecule has 31 heavy (non-hydrogen) atoms. The molecule has 4 nitrogen and oxygen atoms in total. The van der Waals surface area contributed by atoms with Crippen molar-refractivity contribution in [3.05, 3.63) is 69.7 Å². The van der Waals surface area contributed by atoms with Crippen LogP contribution >= 0.6 is 35.0 Å². The molecule has 1 atom stereocenters. The molecular formula is C24H30Cl2N2O2S. The van der Waals surface area contributed by atoms with Crippen molar-refractivity contribution in [1.82, 2.24) is 10.2 Å². The second-order valence-electron chi connectivity index (χ2n) is 7.80. The number of hydrogen-bond acceptors (Lipinski definition) is 3. The molecule has 0 radical (unpaired) electrons. The van der Waals surface area contributed by atoms with Crippen molar-refractivity contribution >= 4 is 46.8 Å². The summed E-state index contributed by atoms with van der Waals surface area (Å²) in [5, 5.41) is 3.99. The van der Waals surface area contributed by atoms with Gasteiger partial charge in [-0.25, -0.2) is 0 Å². The van der Waals surface area contributed by atoms with Crippen LogP contribution in [0.15, 0.2) is 48.5 Å². The highest BCUT2D eigenvalue weighted by atomic mass is 35.5. The molecule has 0 aliphatic carbocycles. The van der Waals surface area contributed by atoms with E-state index in [0.29, 0.717) is 28.9 Å². The van der Waals surface area contributed by atoms with Crippen LogP contribution in [0.4, 0.5) is 0 Å². The van der Waals surface area contributed by atoms with Crippen molar-refractivity contribution in [2.24, 2.45) is 5.92 Å². The first-order valence-electron chi connectivity index (χ1n) is 10.4. The number of carbonyl (C=O) groups excluding carboxylic acids is 2. The first-order valence-corrected chi connectivity index (χ1v) is 12.4. The summed E-state index contributed by atoms with van der Waals surface area (Å²) < 4.78 is 0. The van der Waals surface area contributed by atoms with Gasteiger partial charge in [-0.1, -0.05) is 80.4 Å². The quantitative estimate of drug-likeness (QED) is 0.441. The van der Waals surface area contributed by atoms with Crippen molar-refractivity contribution in [2.45, 2.75) is 45.5 Å². The van der Waals surface area contributed by atoms with Gasteiger partial charge in [0.05, 0.1) is 5.75 Å². The van der Waals surface area contributed by atoms with Crippen LogP contribution in [-0.2, 0) is 21.9 Å². The van der Waals surface area contributed by atoms with Crippen LogP contribution in [0, 0.1) is 5.92 Å². The predicted octanol–water partition coefficient (Wildman–Crippen LogP) is 5.81. The van der Waals surface area contributed by atoms with E-state index >= 15 is 0 Å². The Labute approximate surface area is 199 Å². The van der Waals surface area contributed by atoms with Gasteiger partial charge in [-0.15, -0.1) is 11.8 Å². The number of hydrogen-bond donors (Lipinski definition) is 1. The molecule has 0 bridgehead atoms. The summed E-state index contributed by atoms with van der Waals surface area (Å²) >= 11 is 13.9. The lowest BCUT2D eigenvalue weighted by molar-refractivity contribution is -0.139. The Balaban J connectivity index is 2.16. The van der Waals surface area contributed by atoms with E-state index in [1.807, 2.05) is 51.1 Å². The summed E-state index contributed by atoms with van der Waals surface area (Å²) in [5.74, 6) is 1.13. The van der Waals surface area contributed by atoms with E-state index in [4.69, 9.17) is 23.2 Å². The van der Waals surface area contributed by atoms with E-state index in [1.165, 1.54) is 0 Å². The van der Waals surface area contributed by atoms with Gasteiger partial charge in [-0.2, -0.15) is 0 Å². The Morgan fingerprint density at radius 1 is 1.10 bits per heavy atom. The standard InChI is InChI=1S/C24H30Cl2N2O2S/c1-4-22(24(30)27-13-17(2)3)28(14-19-10-11-20(25)12-21(19)26)23(29)16-31-15-18-8-6-5-7-9-18/h5-12,17,22H,4,13-16H2,1-3H3,(H,27,30)/t22-/m1/s1. The number of carbonyl (C=O) groups is 2. The molecule has 168 valence electrons. The topological polar surface area (TPSA) is 49.4 Å². The summed E-state index contributed by atoms with van der Waals surface area (Å²) in [5.41, 5.74) is 1.93. The van der Waals surface area contributed by atoms with Gasteiger partial charge < -0.3 is 10.2 Å². The lowest BCUT2D eigenvalue weighted by Crippen LogP contribution is -2.50. The molecule has 0 fully saturated rings. The highest BCUT2D eigenvalue weighted by molar-refractivity contribution is 7.99. The van der Waals surface area contributed by atoms with Crippen LogP contribution in [0.5, 0.6) is 0 Å². The first-order chi connectivity index (χ1) is 14.8. The number of halogens is 2. The molecule has 0 heterocycles. The highest BCUT2D eigenvalue weighted by Crippen LogP contribution is 2.24. The van der Waals surface area contributed by atoms with Crippen molar-refractivity contribution < 1.29 is 9.59 Å². The molecule has 1 N–H and O–H groups in total. The van der Waals surface area contributed by atoms with E-state index < -0.39 is 6.04 Å². The van der Waals surface area contributed by atoms with Crippen LogP contribution in [0.25, 0.3) is 0 Å². The zero-order valence-corrected chi connectivity index (χ0v) is 20.6. The van der Waals surface area contributed by atoms with E-state index in [2.05, 4.69) is 5.32 Å². The van der Waals surface area contributed by atoms with Gasteiger partial charge in [0.1, 0.15) is 6.04 Å². The molecule has 2 aromatic rings. The molecule has 2 amide bonds. The molecular weight excluding hydrogens is 451 g/mol. The summed E-state index contributed by atoms with van der Waals surface area (Å²) in [4.78, 5) is 27.7. The van der Waals surface area contributed by atoms with Gasteiger partial charge in [0.15, 0.2) is 0 Å². The minimum atomic E-state index is -0.560. The maximum atomic E-state index is 13.2. The van der Waals surface area contributed by atoms with Gasteiger partial charge in [0, 0.05) is 28.9 Å². The summed E-state index contributed by atoms with van der Waals surface area (Å²) in [7, 11) is 0. The maximum Gasteiger partial charge on any atom is 0.242 e. The van der Waals surface area contributed by atoms with Crippen molar-refractivity contribution in [3.63, 3.8) is 0 Å². The van der Waals surface area contributed by atoms with Crippen LogP contribution in [0.2, 0.25) is 10.0 Å². The third-order valence-electron chi connectivity index (χ3n) is 4.76. The number of benzene rings is 2. The van der Waals surface area contributed by atoms with Gasteiger partial charge >= 0.3 is 0 Å². The zero-order valence-electron chi connectivity index (χ0n) is 18.2. The van der Waals surface area contributed by atoms with Gasteiger partial charge in [0.25, 0.3) is 0 Å². The van der Waals surface area contributed by atoms with Gasteiger partial charge in [-0.05, 0) is 35.6 Å². The lowest BCUT2D eigenvalue weighted by Gasteiger charge is -2.31. The third-order valence-corrected chi connectivity index (χ3v) is 6.34. The van der Waals surface area contributed by atoms with Crippen LogP contribution in [0.3, 0.4) is 0 Å². The normalized spacial score (nSPS) is 11.9. The fraction of sp³-hybridized carbons (Fsp3) is 0.417. The Bertz CT molecular complexity index is 862. The molecule has 2 aromatic carbocycles. The second kappa shape index (κ2) is 13.0. The fourth-order valence-electron chi connectivity index (χ4n) is 3.09. The van der Waals surface area contributed by atoms with E-state index in [0.717, 1.165) is 16.9 Å². The zero-order chi connectivity index (χ0) is 22.8. The Morgan fingerprint density at radius 2 is 1.81 bits per heavy atom. The molecule has 0 saturated heterocycles. The summed E-state index contributed by atoms with van der Waals surface area (Å²) in [6, 6.07) is 14.7. The number of amides is 2. The molecule has 0 aliphatic heterocycles. The van der Waals surface area contributed by atoms with E-state index in [-0.39, 0.29) is 24.1 Å². The Kier molecular flexibility index (Phi) is 10.7. The second-order valence-corrected chi connectivity index (χ2v) is 9.63. The van der Waals surface area contributed by atoms with Gasteiger partial charge in [0.2, 0.25) is 11.8 Å². The van der Waals surface area contributed by atoms with E-state index in [9.17, 15) is 9.59 Å². The Morgan fingerprint density at radius 3 is 2.42 bits per heavy atom. The van der Waals surface area contributed by atoms with Crippen LogP contribution in [0.1, 0.15) is 38.3 Å². The molecule has 7 heteroatoms. The predicted molar refractivity (Wildman–Crippen MR) is 132 cm³/mol. The maximum absolute atomic E-state index is 13.2. The number of nitrogens with one attached hydrogen (secondary N) is 1. The Hall–Kier alpha value is -1.69. The van der Waals surface area contributed by atoms with Crippen molar-refractivity contribution in [1.29, 1.82) is 0 Å². The fourth-order valence-corrected chi connectivity index (χ4v) is 4.43. The minimum Gasteiger partial charge on any atom is -0.354 e. The first kappa shape index (κ1) is 25.6. The van der Waals surface area contributed by atoms with Crippen LogP contribution in [-0.4, -0.2) is 35.1 Å². The third kappa shape index (κ3) is 8.40. The average molecular weight is 481 g/mol. The number of thioether (sulfide) groups is 1. The molecule has 0 saturated carbocycles. The lowest BCUT2D eigenvalue weighted by atomic mass is 10.1. The van der Waals surface area contributed by atoms with Gasteiger partial charge in [-0.3, -0.25) is 9.59 Å².